The Balaban J connectivity index is 2.18. The molecule has 0 aliphatic heterocycles. The van der Waals surface area contributed by atoms with E-state index < -0.39 is 18.4 Å². The first-order valence-electron chi connectivity index (χ1n) is 9.09. The van der Waals surface area contributed by atoms with Gasteiger partial charge in [-0.2, -0.15) is 0 Å². The lowest BCUT2D eigenvalue weighted by atomic mass is 10.0. The van der Waals surface area contributed by atoms with Gasteiger partial charge in [-0.25, -0.2) is 9.97 Å². The van der Waals surface area contributed by atoms with Gasteiger partial charge in [0.15, 0.2) is 0 Å². The van der Waals surface area contributed by atoms with Crippen LogP contribution in [0.5, 0.6) is 5.75 Å². The third-order valence-corrected chi connectivity index (χ3v) is 4.33. The number of carboxylic acid groups (broad SMARTS) is 1. The van der Waals surface area contributed by atoms with E-state index in [1.54, 1.807) is 6.07 Å². The number of rotatable bonds is 7. The van der Waals surface area contributed by atoms with Gasteiger partial charge in [0.05, 0.1) is 16.9 Å². The number of carbonyl (C=O) groups is 2. The number of aromatic nitrogens is 2. The highest BCUT2D eigenvalue weighted by molar-refractivity contribution is 6.08. The molecular formula is C21H21N3O4. The quantitative estimate of drug-likeness (QED) is 0.581. The molecule has 7 heteroatoms. The average molecular weight is 379 g/mol. The number of amides is 1. The minimum absolute atomic E-state index is 0.0783. The minimum atomic E-state index is -1.18. The van der Waals surface area contributed by atoms with Gasteiger partial charge in [0.1, 0.15) is 23.4 Å². The number of nitrogens with one attached hydrogen (secondary N) is 1. The van der Waals surface area contributed by atoms with Crippen LogP contribution < -0.4 is 5.32 Å². The summed E-state index contributed by atoms with van der Waals surface area (Å²) in [6.07, 6.45) is 2.70. The topological polar surface area (TPSA) is 112 Å². The Labute approximate surface area is 162 Å². The Morgan fingerprint density at radius 2 is 1.82 bits per heavy atom. The molecule has 2 aromatic carbocycles. The van der Waals surface area contributed by atoms with Gasteiger partial charge in [-0.05, 0) is 25.0 Å². The van der Waals surface area contributed by atoms with Crippen LogP contribution in [0.25, 0.3) is 22.3 Å². The number of phenolic OH excluding ortho intramolecular Hbond substituents is 1. The molecule has 144 valence electrons. The molecule has 28 heavy (non-hydrogen) atoms. The van der Waals surface area contributed by atoms with Gasteiger partial charge in [0.25, 0.3) is 5.91 Å². The predicted molar refractivity (Wildman–Crippen MR) is 105 cm³/mol. The highest BCUT2D eigenvalue weighted by Gasteiger charge is 2.20. The molecule has 0 radical (unpaired) electrons. The fourth-order valence-corrected chi connectivity index (χ4v) is 2.96. The Bertz CT molecular complexity index is 1020. The van der Waals surface area contributed by atoms with E-state index >= 15 is 0 Å². The smallest absolute Gasteiger partial charge is 0.322 e. The summed E-state index contributed by atoms with van der Waals surface area (Å²) in [6.45, 7) is 1.54. The second kappa shape index (κ2) is 8.47. The normalized spacial score (nSPS) is 10.8. The molecule has 3 aromatic rings. The van der Waals surface area contributed by atoms with Gasteiger partial charge < -0.3 is 15.5 Å². The van der Waals surface area contributed by atoms with Gasteiger partial charge >= 0.3 is 5.97 Å². The van der Waals surface area contributed by atoms with Crippen molar-refractivity contribution in [2.75, 3.05) is 6.54 Å². The molecule has 1 amide bonds. The number of hydrogen-bond acceptors (Lipinski definition) is 5. The molecule has 0 aliphatic rings. The maximum Gasteiger partial charge on any atom is 0.322 e. The van der Waals surface area contributed by atoms with Crippen LogP contribution in [0.15, 0.2) is 42.5 Å². The number of hydrogen-bond donors (Lipinski definition) is 3. The molecule has 0 saturated carbocycles. The van der Waals surface area contributed by atoms with Crippen LogP contribution in [-0.4, -0.2) is 38.6 Å². The van der Waals surface area contributed by atoms with Crippen LogP contribution in [0.2, 0.25) is 0 Å². The van der Waals surface area contributed by atoms with Gasteiger partial charge in [0, 0.05) is 5.56 Å². The summed E-state index contributed by atoms with van der Waals surface area (Å²) < 4.78 is 0. The Kier molecular flexibility index (Phi) is 5.84. The summed E-state index contributed by atoms with van der Waals surface area (Å²) in [4.78, 5) is 32.6. The molecule has 0 spiro atoms. The lowest BCUT2D eigenvalue weighted by Crippen LogP contribution is -2.29. The molecule has 7 nitrogen and oxygen atoms in total. The lowest BCUT2D eigenvalue weighted by Gasteiger charge is -2.13. The zero-order chi connectivity index (χ0) is 20.1. The van der Waals surface area contributed by atoms with Crippen molar-refractivity contribution in [2.45, 2.75) is 26.2 Å². The number of aromatic hydroxyl groups is 1. The van der Waals surface area contributed by atoms with Gasteiger partial charge in [-0.1, -0.05) is 43.7 Å². The number of nitrogens with zero attached hydrogens (tertiary/aromatic N) is 2. The first-order chi connectivity index (χ1) is 13.5. The Morgan fingerprint density at radius 3 is 2.50 bits per heavy atom. The van der Waals surface area contributed by atoms with Crippen molar-refractivity contribution in [1.29, 1.82) is 0 Å². The molecule has 1 aromatic heterocycles. The number of phenols is 1. The molecule has 0 bridgehead atoms. The van der Waals surface area contributed by atoms with Crippen molar-refractivity contribution in [3.8, 4) is 17.0 Å². The Hall–Kier alpha value is -3.48. The summed E-state index contributed by atoms with van der Waals surface area (Å²) in [5.74, 6) is -2.16. The van der Waals surface area contributed by atoms with Crippen LogP contribution in [0.4, 0.5) is 0 Å². The van der Waals surface area contributed by atoms with E-state index in [1.807, 2.05) is 30.3 Å². The average Bonchev–Trinajstić information content (AvgIpc) is 2.70. The molecule has 1 heterocycles. The van der Waals surface area contributed by atoms with Crippen LogP contribution in [0.3, 0.4) is 0 Å². The van der Waals surface area contributed by atoms with Crippen molar-refractivity contribution in [3.05, 3.63) is 53.7 Å². The van der Waals surface area contributed by atoms with Gasteiger partial charge in [-0.3, -0.25) is 9.59 Å². The van der Waals surface area contributed by atoms with E-state index in [9.17, 15) is 14.7 Å². The zero-order valence-corrected chi connectivity index (χ0v) is 15.5. The van der Waals surface area contributed by atoms with Crippen molar-refractivity contribution >= 4 is 22.9 Å². The van der Waals surface area contributed by atoms with E-state index in [0.29, 0.717) is 11.2 Å². The fourth-order valence-electron chi connectivity index (χ4n) is 2.96. The molecule has 0 atom stereocenters. The van der Waals surface area contributed by atoms with E-state index in [1.165, 1.54) is 6.07 Å². The third-order valence-electron chi connectivity index (χ3n) is 4.33. The van der Waals surface area contributed by atoms with E-state index in [0.717, 1.165) is 30.5 Å². The van der Waals surface area contributed by atoms with Crippen molar-refractivity contribution in [2.24, 2.45) is 0 Å². The van der Waals surface area contributed by atoms with Crippen LogP contribution in [0.1, 0.15) is 35.8 Å². The van der Waals surface area contributed by atoms with E-state index in [4.69, 9.17) is 10.1 Å². The number of benzene rings is 2. The maximum absolute atomic E-state index is 12.5. The third kappa shape index (κ3) is 4.09. The number of aryl methyl sites for hydroxylation is 1. The van der Waals surface area contributed by atoms with Crippen molar-refractivity contribution in [1.82, 2.24) is 15.3 Å². The maximum atomic E-state index is 12.5. The van der Waals surface area contributed by atoms with Crippen LogP contribution in [-0.2, 0) is 11.2 Å². The van der Waals surface area contributed by atoms with Gasteiger partial charge in [-0.15, -0.1) is 0 Å². The second-order valence-corrected chi connectivity index (χ2v) is 6.39. The summed E-state index contributed by atoms with van der Waals surface area (Å²) in [6, 6.07) is 12.5. The first kappa shape index (κ1) is 19.3. The minimum Gasteiger partial charge on any atom is -0.507 e. The number of carboxylic acids is 1. The van der Waals surface area contributed by atoms with Crippen molar-refractivity contribution in [3.63, 3.8) is 0 Å². The molecular weight excluding hydrogens is 358 g/mol. The SMILES string of the molecule is CCCCc1nc2ccc(O)c(C(=O)NCC(=O)O)c2nc1-c1ccccc1. The lowest BCUT2D eigenvalue weighted by molar-refractivity contribution is -0.135. The molecule has 3 N–H and O–H groups in total. The fraction of sp³-hybridized carbons (Fsp3) is 0.238. The highest BCUT2D eigenvalue weighted by atomic mass is 16.4. The molecule has 0 saturated heterocycles. The molecule has 0 fully saturated rings. The van der Waals surface area contributed by atoms with Crippen LogP contribution in [0, 0.1) is 0 Å². The highest BCUT2D eigenvalue weighted by Crippen LogP contribution is 2.29. The number of fused-ring (bicyclic) bond motifs is 1. The van der Waals surface area contributed by atoms with Crippen LogP contribution >= 0.6 is 0 Å². The van der Waals surface area contributed by atoms with E-state index in [-0.39, 0.29) is 16.8 Å². The largest absolute Gasteiger partial charge is 0.507 e. The first-order valence-corrected chi connectivity index (χ1v) is 9.09. The summed E-state index contributed by atoms with van der Waals surface area (Å²) >= 11 is 0. The van der Waals surface area contributed by atoms with Gasteiger partial charge in [0.2, 0.25) is 0 Å². The second-order valence-electron chi connectivity index (χ2n) is 6.39. The summed E-state index contributed by atoms with van der Waals surface area (Å²) in [5, 5.41) is 21.3. The predicted octanol–water partition coefficient (Wildman–Crippen LogP) is 3.16. The number of carbonyl (C=O) groups excluding carboxylic acids is 1. The number of aliphatic carboxylic acids is 1. The monoisotopic (exact) mass is 379 g/mol. The zero-order valence-electron chi connectivity index (χ0n) is 15.5. The molecule has 0 unspecified atom stereocenters. The summed E-state index contributed by atoms with van der Waals surface area (Å²) in [7, 11) is 0. The van der Waals surface area contributed by atoms with Crippen molar-refractivity contribution < 1.29 is 19.8 Å². The summed E-state index contributed by atoms with van der Waals surface area (Å²) in [5.41, 5.74) is 2.97. The van der Waals surface area contributed by atoms with E-state index in [2.05, 4.69) is 17.2 Å². The standard InChI is InChI=1S/C21H21N3O4/c1-2-3-9-14-19(13-7-5-4-6-8-13)24-20-15(23-14)10-11-16(25)18(20)21(28)22-12-17(26)27/h4-8,10-11,25H,2-3,9,12H2,1H3,(H,22,28)(H,26,27). The molecule has 3 rings (SSSR count). The Morgan fingerprint density at radius 1 is 1.07 bits per heavy atom. The number of unbranched alkanes of at least 4 members (excludes halogenated alkanes) is 1. The molecule has 0 aliphatic carbocycles.